The van der Waals surface area contributed by atoms with Crippen LogP contribution in [-0.4, -0.2) is 15.9 Å². The van der Waals surface area contributed by atoms with Gasteiger partial charge in [0.15, 0.2) is 0 Å². The van der Waals surface area contributed by atoms with Crippen LogP contribution in [0.2, 0.25) is 0 Å². The summed E-state index contributed by atoms with van der Waals surface area (Å²) in [5.74, 6) is -0.117. The van der Waals surface area contributed by atoms with Crippen LogP contribution in [0, 0.1) is 6.92 Å². The van der Waals surface area contributed by atoms with Crippen molar-refractivity contribution in [2.45, 2.75) is 13.5 Å². The Morgan fingerprint density at radius 1 is 1.39 bits per heavy atom. The summed E-state index contributed by atoms with van der Waals surface area (Å²) in [7, 11) is 0. The number of thiophene rings is 1. The lowest BCUT2D eigenvalue weighted by molar-refractivity contribution is 0.0954. The smallest absolute Gasteiger partial charge is 0.261 e. The molecular formula is C11H9Br2N3OS. The summed E-state index contributed by atoms with van der Waals surface area (Å²) in [5, 5.41) is 2.80. The largest absolute Gasteiger partial charge is 0.346 e. The Hall–Kier alpha value is -0.790. The van der Waals surface area contributed by atoms with E-state index < -0.39 is 0 Å². The minimum atomic E-state index is -0.117. The Kier molecular flexibility index (Phi) is 4.47. The number of rotatable bonds is 3. The molecule has 94 valence electrons. The summed E-state index contributed by atoms with van der Waals surface area (Å²) >= 11 is 8.09. The van der Waals surface area contributed by atoms with Crippen LogP contribution in [0.4, 0.5) is 0 Å². The van der Waals surface area contributed by atoms with E-state index in [2.05, 4.69) is 47.1 Å². The number of carbonyl (C=O) groups excluding carboxylic acids is 1. The zero-order valence-electron chi connectivity index (χ0n) is 9.41. The van der Waals surface area contributed by atoms with Crippen molar-refractivity contribution in [3.63, 3.8) is 0 Å². The molecule has 0 aliphatic heterocycles. The molecule has 0 fully saturated rings. The van der Waals surface area contributed by atoms with Gasteiger partial charge < -0.3 is 5.32 Å². The number of amides is 1. The molecule has 7 heteroatoms. The third-order valence-corrected chi connectivity index (χ3v) is 5.39. The van der Waals surface area contributed by atoms with E-state index in [4.69, 9.17) is 0 Å². The van der Waals surface area contributed by atoms with Crippen LogP contribution in [-0.2, 0) is 6.54 Å². The van der Waals surface area contributed by atoms with Gasteiger partial charge in [-0.15, -0.1) is 11.3 Å². The molecule has 0 unspecified atom stereocenters. The normalized spacial score (nSPS) is 10.4. The second-order valence-corrected chi connectivity index (χ2v) is 6.79. The summed E-state index contributed by atoms with van der Waals surface area (Å²) < 4.78 is 1.79. The number of halogens is 2. The minimum Gasteiger partial charge on any atom is -0.346 e. The Balaban J connectivity index is 1.98. The van der Waals surface area contributed by atoms with Crippen molar-refractivity contribution in [2.24, 2.45) is 0 Å². The van der Waals surface area contributed by atoms with Gasteiger partial charge in [-0.3, -0.25) is 14.8 Å². The maximum atomic E-state index is 11.9. The monoisotopic (exact) mass is 389 g/mol. The van der Waals surface area contributed by atoms with Gasteiger partial charge in [0.2, 0.25) is 0 Å². The molecule has 1 N–H and O–H groups in total. The lowest BCUT2D eigenvalue weighted by Crippen LogP contribution is -2.22. The molecule has 2 aromatic heterocycles. The topological polar surface area (TPSA) is 54.9 Å². The number of nitrogens with zero attached hydrogens (tertiary/aromatic N) is 2. The Labute approximate surface area is 125 Å². The fraction of sp³-hybridized carbons (Fsp3) is 0.182. The first-order chi connectivity index (χ1) is 8.56. The average molecular weight is 391 g/mol. The quantitative estimate of drug-likeness (QED) is 0.874. The number of hydrogen-bond acceptors (Lipinski definition) is 4. The van der Waals surface area contributed by atoms with Crippen molar-refractivity contribution in [1.82, 2.24) is 15.3 Å². The van der Waals surface area contributed by atoms with Gasteiger partial charge in [0.1, 0.15) is 0 Å². The molecule has 1 amide bonds. The zero-order valence-corrected chi connectivity index (χ0v) is 13.4. The van der Waals surface area contributed by atoms with Crippen LogP contribution >= 0.6 is 43.2 Å². The first kappa shape index (κ1) is 13.6. The van der Waals surface area contributed by atoms with Gasteiger partial charge in [-0.25, -0.2) is 0 Å². The van der Waals surface area contributed by atoms with E-state index in [1.807, 2.05) is 6.92 Å². The first-order valence-electron chi connectivity index (χ1n) is 5.07. The van der Waals surface area contributed by atoms with Crippen molar-refractivity contribution < 1.29 is 4.79 Å². The highest BCUT2D eigenvalue weighted by molar-refractivity contribution is 9.13. The Morgan fingerprint density at radius 2 is 2.17 bits per heavy atom. The SMILES string of the molecule is Cc1cnc(CNC(=O)c2cc(Br)c(Br)s2)cn1. The van der Waals surface area contributed by atoms with Crippen molar-refractivity contribution in [3.8, 4) is 0 Å². The highest BCUT2D eigenvalue weighted by atomic mass is 79.9. The molecule has 0 aromatic carbocycles. The van der Waals surface area contributed by atoms with Gasteiger partial charge in [-0.1, -0.05) is 0 Å². The van der Waals surface area contributed by atoms with Crippen LogP contribution in [0.25, 0.3) is 0 Å². The van der Waals surface area contributed by atoms with Crippen LogP contribution in [0.3, 0.4) is 0 Å². The molecule has 0 atom stereocenters. The molecule has 0 bridgehead atoms. The molecule has 0 aliphatic carbocycles. The van der Waals surface area contributed by atoms with Gasteiger partial charge in [0.05, 0.1) is 32.8 Å². The number of aromatic nitrogens is 2. The van der Waals surface area contributed by atoms with Gasteiger partial charge >= 0.3 is 0 Å². The minimum absolute atomic E-state index is 0.117. The van der Waals surface area contributed by atoms with Gasteiger partial charge in [0, 0.05) is 10.7 Å². The fourth-order valence-corrected chi connectivity index (χ4v) is 3.18. The zero-order chi connectivity index (χ0) is 13.1. The van der Waals surface area contributed by atoms with Crippen LogP contribution in [0.5, 0.6) is 0 Å². The van der Waals surface area contributed by atoms with Crippen LogP contribution < -0.4 is 5.32 Å². The van der Waals surface area contributed by atoms with Crippen LogP contribution in [0.15, 0.2) is 26.7 Å². The number of nitrogens with one attached hydrogen (secondary N) is 1. The Morgan fingerprint density at radius 3 is 2.72 bits per heavy atom. The maximum Gasteiger partial charge on any atom is 0.261 e. The van der Waals surface area contributed by atoms with Crippen molar-refractivity contribution in [1.29, 1.82) is 0 Å². The molecule has 0 aliphatic rings. The Bertz CT molecular complexity index is 549. The van der Waals surface area contributed by atoms with Crippen molar-refractivity contribution >= 4 is 49.1 Å². The highest BCUT2D eigenvalue weighted by Crippen LogP contribution is 2.32. The van der Waals surface area contributed by atoms with Crippen molar-refractivity contribution in [3.05, 3.63) is 43.0 Å². The predicted octanol–water partition coefficient (Wildman–Crippen LogP) is 3.30. The summed E-state index contributed by atoms with van der Waals surface area (Å²) in [5.41, 5.74) is 1.60. The van der Waals surface area contributed by atoms with E-state index in [1.165, 1.54) is 11.3 Å². The second-order valence-electron chi connectivity index (χ2n) is 3.56. The summed E-state index contributed by atoms with van der Waals surface area (Å²) in [6, 6.07) is 1.78. The lowest BCUT2D eigenvalue weighted by atomic mass is 10.4. The average Bonchev–Trinajstić information content (AvgIpc) is 2.69. The maximum absolute atomic E-state index is 11.9. The number of hydrogen-bond donors (Lipinski definition) is 1. The van der Waals surface area contributed by atoms with E-state index >= 15 is 0 Å². The van der Waals surface area contributed by atoms with E-state index in [-0.39, 0.29) is 5.91 Å². The predicted molar refractivity (Wildman–Crippen MR) is 77.7 cm³/mol. The molecule has 0 spiro atoms. The standard InChI is InChI=1S/C11H9Br2N3OS/c1-6-3-15-7(4-14-6)5-16-11(17)9-2-8(12)10(13)18-9/h2-4H,5H2,1H3,(H,16,17). The van der Waals surface area contributed by atoms with Gasteiger partial charge in [0.25, 0.3) is 5.91 Å². The molecule has 0 radical (unpaired) electrons. The van der Waals surface area contributed by atoms with Gasteiger partial charge in [-0.05, 0) is 44.8 Å². The summed E-state index contributed by atoms with van der Waals surface area (Å²) in [6.07, 6.45) is 3.34. The second kappa shape index (κ2) is 5.90. The highest BCUT2D eigenvalue weighted by Gasteiger charge is 2.11. The van der Waals surface area contributed by atoms with E-state index in [0.717, 1.165) is 19.6 Å². The third-order valence-electron chi connectivity index (χ3n) is 2.13. The molecule has 0 saturated heterocycles. The number of aryl methyl sites for hydroxylation is 1. The summed E-state index contributed by atoms with van der Waals surface area (Å²) in [6.45, 7) is 2.25. The molecule has 0 saturated carbocycles. The van der Waals surface area contributed by atoms with E-state index in [9.17, 15) is 4.79 Å². The van der Waals surface area contributed by atoms with E-state index in [0.29, 0.717) is 11.4 Å². The van der Waals surface area contributed by atoms with Crippen molar-refractivity contribution in [2.75, 3.05) is 0 Å². The molecular weight excluding hydrogens is 382 g/mol. The summed E-state index contributed by atoms with van der Waals surface area (Å²) in [4.78, 5) is 20.8. The van der Waals surface area contributed by atoms with Gasteiger partial charge in [-0.2, -0.15) is 0 Å². The van der Waals surface area contributed by atoms with E-state index in [1.54, 1.807) is 18.5 Å². The lowest BCUT2D eigenvalue weighted by Gasteiger charge is -2.02. The molecule has 2 aromatic rings. The fourth-order valence-electron chi connectivity index (χ4n) is 1.23. The number of carbonyl (C=O) groups is 1. The first-order valence-corrected chi connectivity index (χ1v) is 7.47. The molecule has 4 nitrogen and oxygen atoms in total. The third kappa shape index (κ3) is 3.37. The molecule has 2 rings (SSSR count). The molecule has 2 heterocycles. The molecule has 18 heavy (non-hydrogen) atoms. The van der Waals surface area contributed by atoms with Crippen LogP contribution in [0.1, 0.15) is 21.1 Å².